The summed E-state index contributed by atoms with van der Waals surface area (Å²) in [5, 5.41) is 9.45. The zero-order chi connectivity index (χ0) is 12.6. The Morgan fingerprint density at radius 3 is 2.83 bits per heavy atom. The van der Waals surface area contributed by atoms with Crippen LogP contribution < -0.4 is 9.47 Å². The van der Waals surface area contributed by atoms with Crippen LogP contribution >= 0.6 is 0 Å². The maximum absolute atomic E-state index is 11.2. The number of hydrogen-bond donors (Lipinski definition) is 0. The summed E-state index contributed by atoms with van der Waals surface area (Å²) in [5.74, 6) is 1.43. The van der Waals surface area contributed by atoms with Gasteiger partial charge in [-0.1, -0.05) is 12.1 Å². The van der Waals surface area contributed by atoms with Crippen LogP contribution in [0.4, 0.5) is 0 Å². The lowest BCUT2D eigenvalue weighted by atomic mass is 9.74. The van der Waals surface area contributed by atoms with Crippen LogP contribution in [0.5, 0.6) is 11.5 Å². The van der Waals surface area contributed by atoms with E-state index in [1.54, 1.807) is 12.1 Å². The number of fused-ring (bicyclic) bond motifs is 1. The standard InChI is InChI=1S/C14H11NO3/c15-8-14(5-3-11(16)4-6-14)10-1-2-12-13(7-10)18-9-17-12/h1-3,5,7H,4,6,9H2/t14-/m1/s1. The van der Waals surface area contributed by atoms with Crippen molar-refractivity contribution in [2.45, 2.75) is 18.3 Å². The lowest BCUT2D eigenvalue weighted by Gasteiger charge is -2.25. The number of nitriles is 1. The minimum atomic E-state index is -0.727. The summed E-state index contributed by atoms with van der Waals surface area (Å²) in [6.07, 6.45) is 4.10. The molecule has 0 unspecified atom stereocenters. The average Bonchev–Trinajstić information content (AvgIpc) is 2.87. The Balaban J connectivity index is 2.05. The number of benzene rings is 1. The fraction of sp³-hybridized carbons (Fsp3) is 0.286. The van der Waals surface area contributed by atoms with Gasteiger partial charge in [0.2, 0.25) is 6.79 Å². The molecule has 4 heteroatoms. The van der Waals surface area contributed by atoms with E-state index in [0.717, 1.165) is 5.56 Å². The van der Waals surface area contributed by atoms with Gasteiger partial charge in [-0.15, -0.1) is 0 Å². The molecular weight excluding hydrogens is 230 g/mol. The molecule has 1 aromatic carbocycles. The molecule has 90 valence electrons. The second-order valence-corrected chi connectivity index (χ2v) is 4.45. The molecule has 2 aliphatic rings. The Kier molecular flexibility index (Phi) is 2.34. The molecule has 0 saturated heterocycles. The summed E-state index contributed by atoms with van der Waals surface area (Å²) in [4.78, 5) is 11.2. The van der Waals surface area contributed by atoms with Crippen molar-refractivity contribution >= 4 is 5.78 Å². The van der Waals surface area contributed by atoms with Gasteiger partial charge in [-0.2, -0.15) is 5.26 Å². The number of carbonyl (C=O) groups excluding carboxylic acids is 1. The van der Waals surface area contributed by atoms with E-state index >= 15 is 0 Å². The SMILES string of the molecule is N#C[C@@]1(c2ccc3c(c2)OCO3)C=CC(=O)CC1. The molecule has 1 aliphatic heterocycles. The van der Waals surface area contributed by atoms with E-state index in [2.05, 4.69) is 6.07 Å². The van der Waals surface area contributed by atoms with Crippen molar-refractivity contribution in [2.24, 2.45) is 0 Å². The van der Waals surface area contributed by atoms with E-state index in [0.29, 0.717) is 24.3 Å². The van der Waals surface area contributed by atoms with Gasteiger partial charge in [-0.05, 0) is 30.2 Å². The lowest BCUT2D eigenvalue weighted by molar-refractivity contribution is -0.115. The Morgan fingerprint density at radius 1 is 1.28 bits per heavy atom. The van der Waals surface area contributed by atoms with Gasteiger partial charge in [0.15, 0.2) is 17.3 Å². The third-order valence-corrected chi connectivity index (χ3v) is 3.41. The van der Waals surface area contributed by atoms with Crippen molar-refractivity contribution in [3.8, 4) is 17.6 Å². The molecule has 1 heterocycles. The molecule has 0 fully saturated rings. The van der Waals surface area contributed by atoms with Gasteiger partial charge < -0.3 is 9.47 Å². The highest BCUT2D eigenvalue weighted by atomic mass is 16.7. The van der Waals surface area contributed by atoms with Crippen LogP contribution in [0.3, 0.4) is 0 Å². The summed E-state index contributed by atoms with van der Waals surface area (Å²) in [5.41, 5.74) is 0.118. The van der Waals surface area contributed by atoms with E-state index < -0.39 is 5.41 Å². The molecule has 0 spiro atoms. The zero-order valence-electron chi connectivity index (χ0n) is 9.68. The highest BCUT2D eigenvalue weighted by Crippen LogP contribution is 2.40. The number of nitrogens with zero attached hydrogens (tertiary/aromatic N) is 1. The normalized spacial score (nSPS) is 24.9. The molecule has 0 radical (unpaired) electrons. The first-order valence-corrected chi connectivity index (χ1v) is 5.77. The minimum absolute atomic E-state index is 0.0709. The number of hydrogen-bond acceptors (Lipinski definition) is 4. The van der Waals surface area contributed by atoms with Gasteiger partial charge in [-0.3, -0.25) is 4.79 Å². The van der Waals surface area contributed by atoms with Crippen molar-refractivity contribution in [3.05, 3.63) is 35.9 Å². The van der Waals surface area contributed by atoms with Crippen LogP contribution in [0.25, 0.3) is 0 Å². The molecule has 3 rings (SSSR count). The quantitative estimate of drug-likeness (QED) is 0.755. The number of rotatable bonds is 1. The smallest absolute Gasteiger partial charge is 0.231 e. The molecule has 1 aliphatic carbocycles. The molecule has 1 aromatic rings. The molecule has 1 atom stereocenters. The summed E-state index contributed by atoms with van der Waals surface area (Å²) < 4.78 is 10.6. The Hall–Kier alpha value is -2.28. The summed E-state index contributed by atoms with van der Waals surface area (Å²) in [7, 11) is 0. The van der Waals surface area contributed by atoms with Crippen molar-refractivity contribution < 1.29 is 14.3 Å². The predicted molar refractivity (Wildman–Crippen MR) is 63.2 cm³/mol. The number of carbonyl (C=O) groups is 1. The molecular formula is C14H11NO3. The Morgan fingerprint density at radius 2 is 2.11 bits per heavy atom. The van der Waals surface area contributed by atoms with Gasteiger partial charge in [0.05, 0.1) is 6.07 Å². The summed E-state index contributed by atoms with van der Waals surface area (Å²) >= 11 is 0. The first-order valence-electron chi connectivity index (χ1n) is 5.77. The van der Waals surface area contributed by atoms with E-state index in [-0.39, 0.29) is 12.6 Å². The first kappa shape index (κ1) is 10.8. The maximum Gasteiger partial charge on any atom is 0.231 e. The second kappa shape index (κ2) is 3.88. The molecule has 0 amide bonds. The van der Waals surface area contributed by atoms with Gasteiger partial charge in [0, 0.05) is 6.42 Å². The van der Waals surface area contributed by atoms with Crippen LogP contribution in [-0.2, 0) is 10.2 Å². The summed E-state index contributed by atoms with van der Waals surface area (Å²) in [6, 6.07) is 7.80. The van der Waals surface area contributed by atoms with Crippen LogP contribution in [-0.4, -0.2) is 12.6 Å². The molecule has 0 aromatic heterocycles. The fourth-order valence-corrected chi connectivity index (χ4v) is 2.29. The van der Waals surface area contributed by atoms with Crippen LogP contribution in [0, 0.1) is 11.3 Å². The van der Waals surface area contributed by atoms with E-state index in [1.165, 1.54) is 6.08 Å². The highest BCUT2D eigenvalue weighted by Gasteiger charge is 2.34. The largest absolute Gasteiger partial charge is 0.454 e. The lowest BCUT2D eigenvalue weighted by Crippen LogP contribution is -2.25. The van der Waals surface area contributed by atoms with E-state index in [1.807, 2.05) is 12.1 Å². The molecule has 18 heavy (non-hydrogen) atoms. The van der Waals surface area contributed by atoms with Gasteiger partial charge in [0.1, 0.15) is 5.41 Å². The highest BCUT2D eigenvalue weighted by molar-refractivity contribution is 5.91. The monoisotopic (exact) mass is 241 g/mol. The van der Waals surface area contributed by atoms with E-state index in [9.17, 15) is 10.1 Å². The predicted octanol–water partition coefficient (Wildman–Crippen LogP) is 2.10. The Labute approximate surface area is 104 Å². The molecule has 0 N–H and O–H groups in total. The van der Waals surface area contributed by atoms with Crippen LogP contribution in [0.15, 0.2) is 30.4 Å². The van der Waals surface area contributed by atoms with Crippen LogP contribution in [0.2, 0.25) is 0 Å². The number of allylic oxidation sites excluding steroid dienone is 2. The van der Waals surface area contributed by atoms with Gasteiger partial charge >= 0.3 is 0 Å². The fourth-order valence-electron chi connectivity index (χ4n) is 2.29. The molecule has 0 bridgehead atoms. The molecule has 4 nitrogen and oxygen atoms in total. The van der Waals surface area contributed by atoms with Crippen molar-refractivity contribution in [2.75, 3.05) is 6.79 Å². The zero-order valence-corrected chi connectivity index (χ0v) is 9.68. The summed E-state index contributed by atoms with van der Waals surface area (Å²) in [6.45, 7) is 0.215. The number of ketones is 1. The first-order chi connectivity index (χ1) is 8.73. The third kappa shape index (κ3) is 1.56. The van der Waals surface area contributed by atoms with Crippen LogP contribution in [0.1, 0.15) is 18.4 Å². The van der Waals surface area contributed by atoms with E-state index in [4.69, 9.17) is 9.47 Å². The van der Waals surface area contributed by atoms with Crippen molar-refractivity contribution in [1.29, 1.82) is 5.26 Å². The number of ether oxygens (including phenoxy) is 2. The van der Waals surface area contributed by atoms with Gasteiger partial charge in [0.25, 0.3) is 0 Å². The Bertz CT molecular complexity index is 585. The van der Waals surface area contributed by atoms with Gasteiger partial charge in [-0.25, -0.2) is 0 Å². The maximum atomic E-state index is 11.2. The molecule has 0 saturated carbocycles. The minimum Gasteiger partial charge on any atom is -0.454 e. The van der Waals surface area contributed by atoms with Crippen molar-refractivity contribution in [3.63, 3.8) is 0 Å². The van der Waals surface area contributed by atoms with Crippen molar-refractivity contribution in [1.82, 2.24) is 0 Å². The average molecular weight is 241 g/mol. The topological polar surface area (TPSA) is 59.3 Å². The second-order valence-electron chi connectivity index (χ2n) is 4.45. The third-order valence-electron chi connectivity index (χ3n) is 3.41.